The number of rotatable bonds is 3. The van der Waals surface area contributed by atoms with E-state index in [0.717, 1.165) is 29.7 Å². The van der Waals surface area contributed by atoms with Gasteiger partial charge in [0.1, 0.15) is 11.4 Å². The number of nitrogens with zero attached hydrogens (tertiary/aromatic N) is 1. The van der Waals surface area contributed by atoms with E-state index in [1.807, 2.05) is 24.0 Å². The fraction of sp³-hybridized carbons (Fsp3) is 0.375. The van der Waals surface area contributed by atoms with Gasteiger partial charge in [-0.3, -0.25) is 14.4 Å². The molecule has 32 heavy (non-hydrogen) atoms. The molecule has 5 rings (SSSR count). The first-order valence-corrected chi connectivity index (χ1v) is 10.9. The fourth-order valence-corrected chi connectivity index (χ4v) is 4.89. The summed E-state index contributed by atoms with van der Waals surface area (Å²) in [5.74, 6) is -1.26. The number of para-hydroxylation sites is 1. The summed E-state index contributed by atoms with van der Waals surface area (Å²) in [6.45, 7) is 2.80. The second-order valence-electron chi connectivity index (χ2n) is 8.65. The zero-order valence-electron chi connectivity index (χ0n) is 17.8. The number of nitrogens with one attached hydrogen (secondary N) is 2. The van der Waals surface area contributed by atoms with Gasteiger partial charge < -0.3 is 25.4 Å². The van der Waals surface area contributed by atoms with E-state index >= 15 is 0 Å². The zero-order valence-corrected chi connectivity index (χ0v) is 17.8. The van der Waals surface area contributed by atoms with E-state index in [-0.39, 0.29) is 18.4 Å². The maximum Gasteiger partial charge on any atom is 0.313 e. The predicted octanol–water partition coefficient (Wildman–Crippen LogP) is 1.81. The van der Waals surface area contributed by atoms with Crippen LogP contribution in [0.15, 0.2) is 36.4 Å². The third-order valence-electron chi connectivity index (χ3n) is 6.59. The van der Waals surface area contributed by atoms with Gasteiger partial charge in [-0.2, -0.15) is 0 Å². The minimum Gasteiger partial charge on any atom is -0.493 e. The van der Waals surface area contributed by atoms with Crippen molar-refractivity contribution < 1.29 is 24.2 Å². The van der Waals surface area contributed by atoms with Crippen molar-refractivity contribution in [2.45, 2.75) is 37.7 Å². The normalized spacial score (nSPS) is 23.1. The number of benzene rings is 2. The standard InChI is InChI=1S/C24H25N3O5/c1-14-17-12-16(11-15-5-4-9-27(20(15)17)23(14)30)26-22(29)21(28)25-13-24(31)8-10-32-19-7-3-2-6-18(19)24/h2-3,6-7,11-12,14,31H,4-5,8-10,13H2,1H3,(H,25,28)(H,26,29)/t14-,24-/m1/s1. The summed E-state index contributed by atoms with van der Waals surface area (Å²) in [4.78, 5) is 39.4. The Morgan fingerprint density at radius 1 is 1.25 bits per heavy atom. The minimum absolute atomic E-state index is 0.0761. The molecule has 2 atom stereocenters. The Morgan fingerprint density at radius 2 is 2.06 bits per heavy atom. The van der Waals surface area contributed by atoms with Crippen molar-refractivity contribution in [2.24, 2.45) is 0 Å². The largest absolute Gasteiger partial charge is 0.493 e. The van der Waals surface area contributed by atoms with Gasteiger partial charge in [0.05, 0.1) is 24.8 Å². The number of aryl methyl sites for hydroxylation is 1. The van der Waals surface area contributed by atoms with Gasteiger partial charge >= 0.3 is 11.8 Å². The first kappa shape index (κ1) is 20.5. The average molecular weight is 435 g/mol. The Balaban J connectivity index is 1.29. The number of carbonyl (C=O) groups is 3. The Bertz CT molecular complexity index is 1130. The van der Waals surface area contributed by atoms with Crippen LogP contribution in [-0.4, -0.2) is 42.5 Å². The second kappa shape index (κ2) is 7.63. The first-order valence-electron chi connectivity index (χ1n) is 10.9. The number of anilines is 2. The molecule has 0 fully saturated rings. The molecule has 3 heterocycles. The predicted molar refractivity (Wildman–Crippen MR) is 118 cm³/mol. The van der Waals surface area contributed by atoms with Crippen molar-refractivity contribution in [3.63, 3.8) is 0 Å². The van der Waals surface area contributed by atoms with Gasteiger partial charge in [0.2, 0.25) is 5.91 Å². The second-order valence-corrected chi connectivity index (χ2v) is 8.65. The van der Waals surface area contributed by atoms with E-state index in [4.69, 9.17) is 4.74 Å². The van der Waals surface area contributed by atoms with Crippen LogP contribution in [-0.2, 0) is 26.4 Å². The van der Waals surface area contributed by atoms with E-state index in [1.54, 1.807) is 24.3 Å². The Kier molecular flexibility index (Phi) is 4.89. The molecule has 0 aliphatic carbocycles. The van der Waals surface area contributed by atoms with Crippen LogP contribution in [0.5, 0.6) is 5.75 Å². The van der Waals surface area contributed by atoms with Gasteiger partial charge in [0.25, 0.3) is 0 Å². The van der Waals surface area contributed by atoms with Crippen LogP contribution < -0.4 is 20.3 Å². The molecule has 0 bridgehead atoms. The van der Waals surface area contributed by atoms with Crippen LogP contribution in [0.4, 0.5) is 11.4 Å². The molecule has 8 nitrogen and oxygen atoms in total. The third-order valence-corrected chi connectivity index (χ3v) is 6.59. The molecule has 0 spiro atoms. The number of hydrogen-bond acceptors (Lipinski definition) is 5. The lowest BCUT2D eigenvalue weighted by molar-refractivity contribution is -0.137. The molecule has 0 radical (unpaired) electrons. The molecule has 0 unspecified atom stereocenters. The highest BCUT2D eigenvalue weighted by atomic mass is 16.5. The summed E-state index contributed by atoms with van der Waals surface area (Å²) in [5.41, 5.74) is 2.63. The number of ether oxygens (including phenoxy) is 1. The minimum atomic E-state index is -1.30. The summed E-state index contributed by atoms with van der Waals surface area (Å²) in [6, 6.07) is 10.7. The third kappa shape index (κ3) is 3.31. The highest BCUT2D eigenvalue weighted by Crippen LogP contribution is 2.44. The summed E-state index contributed by atoms with van der Waals surface area (Å²) < 4.78 is 5.56. The number of fused-ring (bicyclic) bond motifs is 1. The zero-order chi connectivity index (χ0) is 22.5. The molecule has 3 N–H and O–H groups in total. The van der Waals surface area contributed by atoms with E-state index in [0.29, 0.717) is 36.6 Å². The molecule has 166 valence electrons. The highest BCUT2D eigenvalue weighted by molar-refractivity contribution is 6.39. The monoisotopic (exact) mass is 435 g/mol. The molecular formula is C24H25N3O5. The van der Waals surface area contributed by atoms with E-state index in [2.05, 4.69) is 10.6 Å². The van der Waals surface area contributed by atoms with Gasteiger partial charge in [-0.05, 0) is 49.1 Å². The Hall–Kier alpha value is -3.39. The average Bonchev–Trinajstić information content (AvgIpc) is 3.04. The van der Waals surface area contributed by atoms with Crippen LogP contribution >= 0.6 is 0 Å². The van der Waals surface area contributed by atoms with E-state index < -0.39 is 17.4 Å². The molecule has 2 aromatic carbocycles. The number of hydrogen-bond donors (Lipinski definition) is 3. The lowest BCUT2D eigenvalue weighted by Gasteiger charge is -2.34. The van der Waals surface area contributed by atoms with Crippen molar-refractivity contribution in [2.75, 3.05) is 29.9 Å². The van der Waals surface area contributed by atoms with Crippen LogP contribution in [0.3, 0.4) is 0 Å². The Morgan fingerprint density at radius 3 is 2.91 bits per heavy atom. The summed E-state index contributed by atoms with van der Waals surface area (Å²) in [5, 5.41) is 16.2. The molecule has 3 aliphatic rings. The van der Waals surface area contributed by atoms with E-state index in [9.17, 15) is 19.5 Å². The molecule has 0 saturated carbocycles. The van der Waals surface area contributed by atoms with Crippen molar-refractivity contribution in [1.29, 1.82) is 0 Å². The van der Waals surface area contributed by atoms with Crippen molar-refractivity contribution in [3.05, 3.63) is 53.1 Å². The van der Waals surface area contributed by atoms with Gasteiger partial charge in [-0.25, -0.2) is 0 Å². The van der Waals surface area contributed by atoms with Crippen molar-refractivity contribution in [3.8, 4) is 5.75 Å². The highest BCUT2D eigenvalue weighted by Gasteiger charge is 2.39. The first-order chi connectivity index (χ1) is 15.4. The molecule has 2 aromatic rings. The molecule has 0 aromatic heterocycles. The molecule has 8 heteroatoms. The Labute approximate surface area is 185 Å². The maximum absolute atomic E-state index is 12.6. The van der Waals surface area contributed by atoms with Crippen LogP contribution in [0.1, 0.15) is 42.4 Å². The maximum atomic E-state index is 12.6. The van der Waals surface area contributed by atoms with Crippen molar-refractivity contribution in [1.82, 2.24) is 5.32 Å². The van der Waals surface area contributed by atoms with Gasteiger partial charge in [-0.1, -0.05) is 18.2 Å². The number of amides is 3. The quantitative estimate of drug-likeness (QED) is 0.638. The molecule has 0 saturated heterocycles. The summed E-state index contributed by atoms with van der Waals surface area (Å²) >= 11 is 0. The summed E-state index contributed by atoms with van der Waals surface area (Å²) in [7, 11) is 0. The molecular weight excluding hydrogens is 410 g/mol. The van der Waals surface area contributed by atoms with Crippen LogP contribution in [0.2, 0.25) is 0 Å². The van der Waals surface area contributed by atoms with Crippen molar-refractivity contribution >= 4 is 29.1 Å². The van der Waals surface area contributed by atoms with Crippen LogP contribution in [0.25, 0.3) is 0 Å². The lowest BCUT2D eigenvalue weighted by atomic mass is 9.88. The number of carbonyl (C=O) groups excluding carboxylic acids is 3. The lowest BCUT2D eigenvalue weighted by Crippen LogP contribution is -2.46. The summed E-state index contributed by atoms with van der Waals surface area (Å²) in [6.07, 6.45) is 2.00. The SMILES string of the molecule is C[C@H]1C(=O)N2CCCc3cc(NC(=O)C(=O)NC[C@]4(O)CCOc5ccccc54)cc1c32. The number of aliphatic hydroxyl groups is 1. The van der Waals surface area contributed by atoms with Gasteiger partial charge in [0.15, 0.2) is 0 Å². The smallest absolute Gasteiger partial charge is 0.313 e. The van der Waals surface area contributed by atoms with Gasteiger partial charge in [-0.15, -0.1) is 0 Å². The van der Waals surface area contributed by atoms with Gasteiger partial charge in [0, 0.05) is 24.2 Å². The molecule has 3 aliphatic heterocycles. The van der Waals surface area contributed by atoms with Crippen LogP contribution in [0, 0.1) is 0 Å². The van der Waals surface area contributed by atoms with E-state index in [1.165, 1.54) is 0 Å². The molecule has 3 amide bonds. The fourth-order valence-electron chi connectivity index (χ4n) is 4.89. The topological polar surface area (TPSA) is 108 Å².